The average molecular weight is 245 g/mol. The minimum absolute atomic E-state index is 0.00271. The number of carbonyl (C=O) groups is 1. The van der Waals surface area contributed by atoms with Crippen LogP contribution in [0.5, 0.6) is 0 Å². The van der Waals surface area contributed by atoms with E-state index in [0.717, 1.165) is 6.42 Å². The van der Waals surface area contributed by atoms with Crippen molar-refractivity contribution in [2.45, 2.75) is 53.2 Å². The van der Waals surface area contributed by atoms with Crippen LogP contribution in [0.15, 0.2) is 0 Å². The zero-order valence-corrected chi connectivity index (χ0v) is 11.9. The first-order valence-electron chi connectivity index (χ1n) is 6.16. The second-order valence-electron chi connectivity index (χ2n) is 5.93. The molecular formula is C13H27NO3. The van der Waals surface area contributed by atoms with E-state index < -0.39 is 0 Å². The smallest absolute Gasteiger partial charge is 0.309 e. The van der Waals surface area contributed by atoms with Gasteiger partial charge in [0, 0.05) is 12.6 Å². The molecule has 2 N–H and O–H groups in total. The highest BCUT2D eigenvalue weighted by Gasteiger charge is 2.22. The summed E-state index contributed by atoms with van der Waals surface area (Å²) in [5.41, 5.74) is 0.109. The number of aliphatic hydroxyl groups is 1. The average Bonchev–Trinajstić information content (AvgIpc) is 2.21. The van der Waals surface area contributed by atoms with E-state index in [0.29, 0.717) is 6.54 Å². The molecule has 0 aliphatic heterocycles. The van der Waals surface area contributed by atoms with E-state index in [1.54, 1.807) is 0 Å². The van der Waals surface area contributed by atoms with Crippen molar-refractivity contribution in [3.05, 3.63) is 0 Å². The molecule has 0 aliphatic carbocycles. The molecule has 3 atom stereocenters. The van der Waals surface area contributed by atoms with Crippen LogP contribution in [0, 0.1) is 11.3 Å². The lowest BCUT2D eigenvalue weighted by Gasteiger charge is -2.25. The first-order chi connectivity index (χ1) is 7.67. The van der Waals surface area contributed by atoms with Crippen LogP contribution in [0.3, 0.4) is 0 Å². The van der Waals surface area contributed by atoms with Crippen molar-refractivity contribution in [1.82, 2.24) is 5.32 Å². The molecule has 0 fully saturated rings. The first kappa shape index (κ1) is 16.4. The van der Waals surface area contributed by atoms with Crippen molar-refractivity contribution < 1.29 is 14.6 Å². The molecule has 0 aliphatic rings. The van der Waals surface area contributed by atoms with Crippen molar-refractivity contribution in [3.63, 3.8) is 0 Å². The van der Waals surface area contributed by atoms with Gasteiger partial charge in [0.05, 0.1) is 19.1 Å². The predicted molar refractivity (Wildman–Crippen MR) is 68.7 cm³/mol. The molecule has 0 saturated heterocycles. The SMILES string of the molecule is COC(=O)C(C)C(C)NCC(O)CC(C)(C)C. The Labute approximate surface area is 105 Å². The number of methoxy groups -OCH3 is 1. The Bertz CT molecular complexity index is 235. The third-order valence-corrected chi connectivity index (χ3v) is 2.85. The molecule has 0 radical (unpaired) electrons. The molecule has 3 unspecified atom stereocenters. The molecule has 0 bridgehead atoms. The van der Waals surface area contributed by atoms with Gasteiger partial charge in [-0.3, -0.25) is 4.79 Å². The molecule has 0 amide bonds. The summed E-state index contributed by atoms with van der Waals surface area (Å²) in [6.45, 7) is 10.5. The fourth-order valence-electron chi connectivity index (χ4n) is 1.67. The van der Waals surface area contributed by atoms with Crippen LogP contribution < -0.4 is 5.32 Å². The van der Waals surface area contributed by atoms with E-state index in [9.17, 15) is 9.90 Å². The molecule has 102 valence electrons. The molecule has 17 heavy (non-hydrogen) atoms. The number of carbonyl (C=O) groups excluding carboxylic acids is 1. The summed E-state index contributed by atoms with van der Waals surface area (Å²) in [7, 11) is 1.39. The molecule has 4 nitrogen and oxygen atoms in total. The van der Waals surface area contributed by atoms with E-state index in [2.05, 4.69) is 30.8 Å². The lowest BCUT2D eigenvalue weighted by Crippen LogP contribution is -2.41. The van der Waals surface area contributed by atoms with Crippen LogP contribution in [0.2, 0.25) is 0 Å². The highest BCUT2D eigenvalue weighted by atomic mass is 16.5. The second kappa shape index (κ2) is 6.97. The fourth-order valence-corrected chi connectivity index (χ4v) is 1.67. The van der Waals surface area contributed by atoms with Gasteiger partial charge in [0.2, 0.25) is 0 Å². The molecule has 0 spiro atoms. The Morgan fingerprint density at radius 2 is 1.88 bits per heavy atom. The number of rotatable bonds is 6. The van der Waals surface area contributed by atoms with Gasteiger partial charge in [0.15, 0.2) is 0 Å². The lowest BCUT2D eigenvalue weighted by atomic mass is 9.89. The normalized spacial score (nSPS) is 17.4. The molecule has 0 aromatic carbocycles. The highest BCUT2D eigenvalue weighted by molar-refractivity contribution is 5.72. The lowest BCUT2D eigenvalue weighted by molar-refractivity contribution is -0.145. The maximum atomic E-state index is 11.3. The summed E-state index contributed by atoms with van der Waals surface area (Å²) in [4.78, 5) is 11.3. The van der Waals surface area contributed by atoms with Crippen molar-refractivity contribution >= 4 is 5.97 Å². The summed E-state index contributed by atoms with van der Waals surface area (Å²) in [6.07, 6.45) is 0.349. The number of hydrogen-bond acceptors (Lipinski definition) is 4. The molecule has 4 heteroatoms. The van der Waals surface area contributed by atoms with E-state index >= 15 is 0 Å². The summed E-state index contributed by atoms with van der Waals surface area (Å²) in [5.74, 6) is -0.433. The minimum atomic E-state index is -0.387. The predicted octanol–water partition coefficient (Wildman–Crippen LogP) is 1.57. The molecular weight excluding hydrogens is 218 g/mol. The third kappa shape index (κ3) is 7.34. The Balaban J connectivity index is 3.99. The maximum Gasteiger partial charge on any atom is 0.309 e. The van der Waals surface area contributed by atoms with Crippen LogP contribution in [-0.4, -0.2) is 36.9 Å². The third-order valence-electron chi connectivity index (χ3n) is 2.85. The van der Waals surface area contributed by atoms with Gasteiger partial charge in [-0.2, -0.15) is 0 Å². The molecule has 0 rings (SSSR count). The van der Waals surface area contributed by atoms with Crippen molar-refractivity contribution in [2.24, 2.45) is 11.3 Å². The van der Waals surface area contributed by atoms with Gasteiger partial charge in [0.25, 0.3) is 0 Å². The Kier molecular flexibility index (Phi) is 6.72. The standard InChI is InChI=1S/C13H27NO3/c1-9(12(16)17-6)10(2)14-8-11(15)7-13(3,4)5/h9-11,14-15H,7-8H2,1-6H3. The molecule has 0 aromatic rings. The van der Waals surface area contributed by atoms with Crippen LogP contribution in [0.25, 0.3) is 0 Å². The number of esters is 1. The number of aliphatic hydroxyl groups excluding tert-OH is 1. The minimum Gasteiger partial charge on any atom is -0.469 e. The monoisotopic (exact) mass is 245 g/mol. The van der Waals surface area contributed by atoms with Gasteiger partial charge < -0.3 is 15.2 Å². The molecule has 0 aromatic heterocycles. The van der Waals surface area contributed by atoms with Crippen LogP contribution in [0.1, 0.15) is 41.0 Å². The van der Waals surface area contributed by atoms with Gasteiger partial charge in [-0.25, -0.2) is 0 Å². The van der Waals surface area contributed by atoms with Gasteiger partial charge in [-0.1, -0.05) is 27.7 Å². The maximum absolute atomic E-state index is 11.3. The van der Waals surface area contributed by atoms with E-state index in [-0.39, 0.29) is 29.4 Å². The van der Waals surface area contributed by atoms with Crippen LogP contribution in [0.4, 0.5) is 0 Å². The van der Waals surface area contributed by atoms with Crippen molar-refractivity contribution in [2.75, 3.05) is 13.7 Å². The topological polar surface area (TPSA) is 58.6 Å². The van der Waals surface area contributed by atoms with Crippen molar-refractivity contribution in [3.8, 4) is 0 Å². The van der Waals surface area contributed by atoms with Crippen molar-refractivity contribution in [1.29, 1.82) is 0 Å². The number of hydrogen-bond donors (Lipinski definition) is 2. The summed E-state index contributed by atoms with van der Waals surface area (Å²) < 4.78 is 4.68. The first-order valence-corrected chi connectivity index (χ1v) is 6.16. The van der Waals surface area contributed by atoms with Gasteiger partial charge in [-0.05, 0) is 18.8 Å². The zero-order chi connectivity index (χ0) is 13.6. The number of nitrogens with one attached hydrogen (secondary N) is 1. The summed E-state index contributed by atoms with van der Waals surface area (Å²) >= 11 is 0. The van der Waals surface area contributed by atoms with Gasteiger partial charge in [0.1, 0.15) is 0 Å². The molecule has 0 heterocycles. The summed E-state index contributed by atoms with van der Waals surface area (Å²) in [5, 5.41) is 13.0. The Morgan fingerprint density at radius 1 is 1.35 bits per heavy atom. The van der Waals surface area contributed by atoms with Gasteiger partial charge >= 0.3 is 5.97 Å². The Hall–Kier alpha value is -0.610. The fraction of sp³-hybridized carbons (Fsp3) is 0.923. The van der Waals surface area contributed by atoms with E-state index in [1.165, 1.54) is 7.11 Å². The van der Waals surface area contributed by atoms with Crippen LogP contribution in [-0.2, 0) is 9.53 Å². The van der Waals surface area contributed by atoms with Crippen LogP contribution >= 0.6 is 0 Å². The zero-order valence-electron chi connectivity index (χ0n) is 11.9. The van der Waals surface area contributed by atoms with Gasteiger partial charge in [-0.15, -0.1) is 0 Å². The highest BCUT2D eigenvalue weighted by Crippen LogP contribution is 2.20. The molecule has 0 saturated carbocycles. The quantitative estimate of drug-likeness (QED) is 0.697. The van der Waals surface area contributed by atoms with E-state index in [1.807, 2.05) is 13.8 Å². The largest absolute Gasteiger partial charge is 0.469 e. The number of ether oxygens (including phenoxy) is 1. The Morgan fingerprint density at radius 3 is 2.29 bits per heavy atom. The summed E-state index contributed by atoms with van der Waals surface area (Å²) in [6, 6.07) is -0.00271. The van der Waals surface area contributed by atoms with E-state index in [4.69, 9.17) is 0 Å². The second-order valence-corrected chi connectivity index (χ2v) is 5.93.